The van der Waals surface area contributed by atoms with Gasteiger partial charge in [-0.05, 0) is 63.3 Å². The Balaban J connectivity index is 0.987. The van der Waals surface area contributed by atoms with Crippen LogP contribution < -0.4 is 5.32 Å². The summed E-state index contributed by atoms with van der Waals surface area (Å²) < 4.78 is 46.7. The lowest BCUT2D eigenvalue weighted by Crippen LogP contribution is -2.77. The molecule has 0 spiro atoms. The van der Waals surface area contributed by atoms with E-state index < -0.39 is 12.5 Å². The molecule has 1 aromatic rings. The van der Waals surface area contributed by atoms with Gasteiger partial charge < -0.3 is 14.6 Å². The molecular formula is C22H29F3N4O3. The van der Waals surface area contributed by atoms with Crippen LogP contribution in [0.2, 0.25) is 0 Å². The average Bonchev–Trinajstić information content (AvgIpc) is 3.32. The third-order valence-corrected chi connectivity index (χ3v) is 8.70. The van der Waals surface area contributed by atoms with Gasteiger partial charge in [-0.3, -0.25) is 9.53 Å². The number of carbonyl (C=O) groups is 1. The fraction of sp³-hybridized carbons (Fsp3) is 0.864. The average molecular weight is 454 g/mol. The van der Waals surface area contributed by atoms with Gasteiger partial charge >= 0.3 is 6.36 Å². The fourth-order valence-electron chi connectivity index (χ4n) is 7.05. The number of alkyl halides is 3. The number of aromatic nitrogens is 2. The molecule has 1 saturated heterocycles. The van der Waals surface area contributed by atoms with E-state index in [2.05, 4.69) is 32.1 Å². The lowest BCUT2D eigenvalue weighted by molar-refractivity contribution is -0.352. The van der Waals surface area contributed by atoms with E-state index in [0.717, 1.165) is 51.7 Å². The molecule has 6 fully saturated rings. The number of ether oxygens (including phenoxy) is 1. The highest BCUT2D eigenvalue weighted by Crippen LogP contribution is 2.67. The van der Waals surface area contributed by atoms with Crippen LogP contribution in [-0.2, 0) is 14.9 Å². The predicted molar refractivity (Wildman–Crippen MR) is 105 cm³/mol. The number of nitrogens with zero attached hydrogens (tertiary/aromatic N) is 3. The maximum atomic E-state index is 12.9. The summed E-state index contributed by atoms with van der Waals surface area (Å²) in [6, 6.07) is 0. The van der Waals surface area contributed by atoms with Crippen molar-refractivity contribution in [3.63, 3.8) is 0 Å². The van der Waals surface area contributed by atoms with Gasteiger partial charge in [-0.15, -0.1) is 23.4 Å². The van der Waals surface area contributed by atoms with Crippen LogP contribution in [0.15, 0.2) is 4.42 Å². The van der Waals surface area contributed by atoms with Gasteiger partial charge in [0.05, 0.1) is 11.5 Å². The third kappa shape index (κ3) is 3.36. The molecular weight excluding hydrogens is 425 g/mol. The molecule has 1 unspecified atom stereocenters. The SMILES string of the molecule is CCN1C[C@H]2CC(C(=O)NC34CC(c5nnc(C6CC(OC(F)(F)F)C6)o5)(C3)C4)C[C@H]2C1. The van der Waals surface area contributed by atoms with E-state index in [1.807, 2.05) is 0 Å². The van der Waals surface area contributed by atoms with E-state index in [4.69, 9.17) is 4.42 Å². The van der Waals surface area contributed by atoms with Crippen LogP contribution in [0.25, 0.3) is 0 Å². The molecule has 2 heterocycles. The van der Waals surface area contributed by atoms with Crippen LogP contribution in [-0.4, -0.2) is 58.6 Å². The lowest BCUT2D eigenvalue weighted by Gasteiger charge is -2.68. The zero-order chi connectivity index (χ0) is 22.3. The summed E-state index contributed by atoms with van der Waals surface area (Å²) in [5.74, 6) is 2.46. The Morgan fingerprint density at radius 2 is 1.81 bits per heavy atom. The number of hydrogen-bond acceptors (Lipinski definition) is 6. The second-order valence-electron chi connectivity index (χ2n) is 10.9. The van der Waals surface area contributed by atoms with Crippen LogP contribution in [0.3, 0.4) is 0 Å². The third-order valence-electron chi connectivity index (χ3n) is 8.70. The van der Waals surface area contributed by atoms with Crippen LogP contribution in [0.1, 0.15) is 69.6 Å². The minimum absolute atomic E-state index is 0.134. The fourth-order valence-corrected chi connectivity index (χ4v) is 7.05. The quantitative estimate of drug-likeness (QED) is 0.712. The zero-order valence-electron chi connectivity index (χ0n) is 18.2. The Bertz CT molecular complexity index is 879. The maximum absolute atomic E-state index is 12.9. The van der Waals surface area contributed by atoms with E-state index in [-0.39, 0.29) is 41.5 Å². The molecule has 1 aliphatic heterocycles. The highest BCUT2D eigenvalue weighted by molar-refractivity contribution is 5.80. The van der Waals surface area contributed by atoms with Gasteiger partial charge in [-0.1, -0.05) is 6.92 Å². The molecule has 2 bridgehead atoms. The van der Waals surface area contributed by atoms with Gasteiger partial charge in [0, 0.05) is 30.5 Å². The molecule has 0 radical (unpaired) electrons. The topological polar surface area (TPSA) is 80.5 Å². The van der Waals surface area contributed by atoms with Crippen molar-refractivity contribution in [3.05, 3.63) is 11.8 Å². The normalized spacial score (nSPS) is 42.7. The van der Waals surface area contributed by atoms with Gasteiger partial charge in [0.25, 0.3) is 0 Å². The molecule has 10 heteroatoms. The summed E-state index contributed by atoms with van der Waals surface area (Å²) >= 11 is 0. The van der Waals surface area contributed by atoms with Gasteiger partial charge in [-0.25, -0.2) is 0 Å². The number of carbonyl (C=O) groups excluding carboxylic acids is 1. The Kier molecular flexibility index (Phi) is 4.51. The standard InChI is InChI=1S/C22H29F3N4O3/c1-2-29-7-14-3-12(4-15(14)8-29)17(30)26-21-9-20(10-21,11-21)19-28-27-18(31-19)13-5-16(6-13)32-22(23,24)25/h12-16H,2-11H2,1H3,(H,26,30)/t12?,13?,14-,15+,16?,20?,21?. The molecule has 176 valence electrons. The Hall–Kier alpha value is -1.68. The Labute approximate surface area is 184 Å². The van der Waals surface area contributed by atoms with Gasteiger partial charge in [0.1, 0.15) is 0 Å². The molecule has 7 rings (SSSR count). The monoisotopic (exact) mass is 454 g/mol. The minimum atomic E-state index is -4.60. The summed E-state index contributed by atoms with van der Waals surface area (Å²) in [5, 5.41) is 11.6. The van der Waals surface area contributed by atoms with Gasteiger partial charge in [0.15, 0.2) is 0 Å². The van der Waals surface area contributed by atoms with Crippen LogP contribution in [0, 0.1) is 17.8 Å². The molecule has 1 amide bonds. The van der Waals surface area contributed by atoms with Crippen LogP contribution >= 0.6 is 0 Å². The summed E-state index contributed by atoms with van der Waals surface area (Å²) in [7, 11) is 0. The van der Waals surface area contributed by atoms with Crippen molar-refractivity contribution in [1.82, 2.24) is 20.4 Å². The molecule has 5 aliphatic carbocycles. The number of likely N-dealkylation sites (tertiary alicyclic amines) is 1. The number of halogens is 3. The number of fused-ring (bicyclic) bond motifs is 1. The molecule has 7 nitrogen and oxygen atoms in total. The first-order valence-corrected chi connectivity index (χ1v) is 11.8. The first kappa shape index (κ1) is 20.9. The molecule has 1 N–H and O–H groups in total. The van der Waals surface area contributed by atoms with Gasteiger partial charge in [0.2, 0.25) is 17.7 Å². The first-order valence-electron chi connectivity index (χ1n) is 11.8. The number of hydrogen-bond donors (Lipinski definition) is 1. The molecule has 3 atom stereocenters. The Morgan fingerprint density at radius 1 is 1.16 bits per heavy atom. The van der Waals surface area contributed by atoms with Crippen molar-refractivity contribution in [2.24, 2.45) is 17.8 Å². The summed E-state index contributed by atoms with van der Waals surface area (Å²) in [6.45, 7) is 5.54. The summed E-state index contributed by atoms with van der Waals surface area (Å²) in [5.41, 5.74) is -0.307. The van der Waals surface area contributed by atoms with Crippen molar-refractivity contribution in [2.45, 2.75) is 81.2 Å². The van der Waals surface area contributed by atoms with E-state index in [9.17, 15) is 18.0 Å². The molecule has 32 heavy (non-hydrogen) atoms. The molecule has 6 aliphatic rings. The van der Waals surface area contributed by atoms with E-state index in [1.54, 1.807) is 0 Å². The largest absolute Gasteiger partial charge is 0.522 e. The number of amides is 1. The molecule has 1 aromatic heterocycles. The molecule has 5 saturated carbocycles. The van der Waals surface area contributed by atoms with Crippen molar-refractivity contribution < 1.29 is 27.1 Å². The predicted octanol–water partition coefficient (Wildman–Crippen LogP) is 3.12. The highest BCUT2D eigenvalue weighted by atomic mass is 19.4. The second-order valence-corrected chi connectivity index (χ2v) is 10.9. The minimum Gasteiger partial charge on any atom is -0.424 e. The number of nitrogens with one attached hydrogen (secondary N) is 1. The van der Waals surface area contributed by atoms with Crippen molar-refractivity contribution >= 4 is 5.91 Å². The van der Waals surface area contributed by atoms with Crippen molar-refractivity contribution in [2.75, 3.05) is 19.6 Å². The van der Waals surface area contributed by atoms with E-state index in [0.29, 0.717) is 23.6 Å². The summed E-state index contributed by atoms with van der Waals surface area (Å²) in [6.07, 6.45) is -0.523. The maximum Gasteiger partial charge on any atom is 0.522 e. The highest BCUT2D eigenvalue weighted by Gasteiger charge is 2.72. The van der Waals surface area contributed by atoms with E-state index in [1.165, 1.54) is 0 Å². The van der Waals surface area contributed by atoms with Crippen LogP contribution in [0.5, 0.6) is 0 Å². The van der Waals surface area contributed by atoms with Crippen molar-refractivity contribution in [3.8, 4) is 0 Å². The smallest absolute Gasteiger partial charge is 0.424 e. The van der Waals surface area contributed by atoms with Crippen LogP contribution in [0.4, 0.5) is 13.2 Å². The van der Waals surface area contributed by atoms with Crippen molar-refractivity contribution in [1.29, 1.82) is 0 Å². The first-order chi connectivity index (χ1) is 15.2. The van der Waals surface area contributed by atoms with Gasteiger partial charge in [-0.2, -0.15) is 0 Å². The summed E-state index contributed by atoms with van der Waals surface area (Å²) in [4.78, 5) is 15.4. The van der Waals surface area contributed by atoms with E-state index >= 15 is 0 Å². The molecule has 0 aromatic carbocycles. The zero-order valence-corrected chi connectivity index (χ0v) is 18.2. The second kappa shape index (κ2) is 6.91. The Morgan fingerprint density at radius 3 is 2.41 bits per heavy atom. The lowest BCUT2D eigenvalue weighted by atomic mass is 9.39. The number of rotatable bonds is 6.